The fraction of sp³-hybridized carbons (Fsp3) is 0.692. The van der Waals surface area contributed by atoms with Crippen molar-refractivity contribution in [3.8, 4) is 0 Å². The number of aliphatic hydroxyl groups excluding tert-OH is 1. The molecule has 3 aliphatic carbocycles. The summed E-state index contributed by atoms with van der Waals surface area (Å²) in [6.45, 7) is 0. The first kappa shape index (κ1) is 8.77. The molecule has 5 unspecified atom stereocenters. The molecule has 0 saturated heterocycles. The van der Waals surface area contributed by atoms with E-state index in [9.17, 15) is 5.11 Å². The predicted molar refractivity (Wildman–Crippen MR) is 60.6 cm³/mol. The molecule has 5 atom stereocenters. The van der Waals surface area contributed by atoms with E-state index in [0.29, 0.717) is 5.92 Å². The van der Waals surface area contributed by atoms with Crippen molar-refractivity contribution in [3.63, 3.8) is 0 Å². The first-order valence-electron chi connectivity index (χ1n) is 6.06. The summed E-state index contributed by atoms with van der Waals surface area (Å²) >= 11 is 1.70. The molecule has 0 aliphatic heterocycles. The highest BCUT2D eigenvalue weighted by atomic mass is 32.1. The third kappa shape index (κ3) is 1.07. The molecular formula is C13H16OS. The highest BCUT2D eigenvalue weighted by molar-refractivity contribution is 7.07. The number of hydrogen-bond acceptors (Lipinski definition) is 2. The average molecular weight is 220 g/mol. The molecule has 1 aromatic heterocycles. The highest BCUT2D eigenvalue weighted by Crippen LogP contribution is 2.72. The summed E-state index contributed by atoms with van der Waals surface area (Å²) in [7, 11) is 0. The molecule has 1 aromatic rings. The lowest BCUT2D eigenvalue weighted by Gasteiger charge is -2.13. The van der Waals surface area contributed by atoms with Gasteiger partial charge in [0.2, 0.25) is 0 Å². The van der Waals surface area contributed by atoms with Gasteiger partial charge in [-0.25, -0.2) is 0 Å². The van der Waals surface area contributed by atoms with Gasteiger partial charge in [-0.2, -0.15) is 11.3 Å². The second-order valence-electron chi connectivity index (χ2n) is 5.57. The van der Waals surface area contributed by atoms with Crippen LogP contribution in [0.3, 0.4) is 0 Å². The molecule has 0 aromatic carbocycles. The van der Waals surface area contributed by atoms with Crippen LogP contribution in [0.4, 0.5) is 0 Å². The molecule has 4 rings (SSSR count). The summed E-state index contributed by atoms with van der Waals surface area (Å²) < 4.78 is 0. The van der Waals surface area contributed by atoms with Crippen molar-refractivity contribution >= 4 is 11.3 Å². The average Bonchev–Trinajstić information content (AvgIpc) is 2.70. The Balaban J connectivity index is 1.58. The maximum absolute atomic E-state index is 10.3. The second kappa shape index (κ2) is 2.86. The zero-order valence-electron chi connectivity index (χ0n) is 8.67. The van der Waals surface area contributed by atoms with E-state index in [1.807, 2.05) is 0 Å². The third-order valence-electron chi connectivity index (χ3n) is 5.04. The summed E-state index contributed by atoms with van der Waals surface area (Å²) in [4.78, 5) is 0. The standard InChI is InChI=1S/C13H16OS/c14-13(9-3-4-15-6-9)12-10-7-1-2-8(5-7)11(10)12/h3-4,6-8,10-14H,1-2,5H2. The number of aliphatic hydroxyl groups is 1. The van der Waals surface area contributed by atoms with E-state index in [0.717, 1.165) is 23.7 Å². The molecule has 0 spiro atoms. The van der Waals surface area contributed by atoms with Crippen LogP contribution in [0.1, 0.15) is 30.9 Å². The van der Waals surface area contributed by atoms with Gasteiger partial charge < -0.3 is 5.11 Å². The minimum Gasteiger partial charge on any atom is -0.388 e. The van der Waals surface area contributed by atoms with Crippen molar-refractivity contribution in [3.05, 3.63) is 22.4 Å². The van der Waals surface area contributed by atoms with Crippen LogP contribution in [0, 0.1) is 29.6 Å². The largest absolute Gasteiger partial charge is 0.388 e. The van der Waals surface area contributed by atoms with Gasteiger partial charge >= 0.3 is 0 Å². The Morgan fingerprint density at radius 1 is 1.27 bits per heavy atom. The van der Waals surface area contributed by atoms with Crippen LogP contribution in [0.5, 0.6) is 0 Å². The predicted octanol–water partition coefficient (Wildman–Crippen LogP) is 3.07. The lowest BCUT2D eigenvalue weighted by Crippen LogP contribution is -2.07. The summed E-state index contributed by atoms with van der Waals surface area (Å²) in [6, 6.07) is 2.09. The van der Waals surface area contributed by atoms with Gasteiger partial charge in [0, 0.05) is 0 Å². The zero-order chi connectivity index (χ0) is 9.99. The van der Waals surface area contributed by atoms with Crippen molar-refractivity contribution in [1.82, 2.24) is 0 Å². The maximum Gasteiger partial charge on any atom is 0.0831 e. The van der Waals surface area contributed by atoms with Crippen LogP contribution in [-0.2, 0) is 0 Å². The quantitative estimate of drug-likeness (QED) is 0.812. The third-order valence-corrected chi connectivity index (χ3v) is 5.75. The Hall–Kier alpha value is -0.340. The van der Waals surface area contributed by atoms with Crippen molar-refractivity contribution in [2.24, 2.45) is 29.6 Å². The number of fused-ring (bicyclic) bond motifs is 5. The van der Waals surface area contributed by atoms with Crippen molar-refractivity contribution < 1.29 is 5.11 Å². The van der Waals surface area contributed by atoms with Crippen LogP contribution in [0.15, 0.2) is 16.8 Å². The Bertz CT molecular complexity index is 356. The van der Waals surface area contributed by atoms with Gasteiger partial charge in [0.25, 0.3) is 0 Å². The van der Waals surface area contributed by atoms with Crippen molar-refractivity contribution in [2.75, 3.05) is 0 Å². The fourth-order valence-corrected chi connectivity index (χ4v) is 5.17. The van der Waals surface area contributed by atoms with E-state index in [1.54, 1.807) is 11.3 Å². The van der Waals surface area contributed by atoms with Gasteiger partial charge in [0.05, 0.1) is 6.10 Å². The molecule has 0 radical (unpaired) electrons. The van der Waals surface area contributed by atoms with Crippen LogP contribution in [0.25, 0.3) is 0 Å². The normalized spacial score (nSPS) is 47.9. The minimum atomic E-state index is -0.158. The topological polar surface area (TPSA) is 20.2 Å². The molecule has 3 fully saturated rings. The Morgan fingerprint density at radius 3 is 2.60 bits per heavy atom. The van der Waals surface area contributed by atoms with E-state index in [2.05, 4.69) is 16.8 Å². The van der Waals surface area contributed by atoms with Gasteiger partial charge in [-0.05, 0) is 71.2 Å². The summed E-state index contributed by atoms with van der Waals surface area (Å²) in [5.41, 5.74) is 1.17. The molecule has 3 aliphatic rings. The summed E-state index contributed by atoms with van der Waals surface area (Å²) in [5.74, 6) is 4.33. The second-order valence-corrected chi connectivity index (χ2v) is 6.35. The summed E-state index contributed by atoms with van der Waals surface area (Å²) in [6.07, 6.45) is 4.20. The van der Waals surface area contributed by atoms with Gasteiger partial charge in [-0.3, -0.25) is 0 Å². The first-order valence-corrected chi connectivity index (χ1v) is 7.00. The van der Waals surface area contributed by atoms with Crippen LogP contribution in [-0.4, -0.2) is 5.11 Å². The highest BCUT2D eigenvalue weighted by Gasteiger charge is 2.66. The maximum atomic E-state index is 10.3. The van der Waals surface area contributed by atoms with Crippen molar-refractivity contribution in [1.29, 1.82) is 0 Å². The molecule has 2 heteroatoms. The first-order chi connectivity index (χ1) is 7.36. The fourth-order valence-electron chi connectivity index (χ4n) is 4.48. The number of thiophene rings is 1. The monoisotopic (exact) mass is 220 g/mol. The minimum absolute atomic E-state index is 0.158. The summed E-state index contributed by atoms with van der Waals surface area (Å²) in [5, 5.41) is 14.5. The number of rotatable bonds is 2. The van der Waals surface area contributed by atoms with E-state index < -0.39 is 0 Å². The van der Waals surface area contributed by atoms with E-state index >= 15 is 0 Å². The van der Waals surface area contributed by atoms with Gasteiger partial charge in [0.15, 0.2) is 0 Å². The molecule has 1 heterocycles. The molecule has 80 valence electrons. The molecule has 0 amide bonds. The van der Waals surface area contributed by atoms with Gasteiger partial charge in [-0.15, -0.1) is 0 Å². The Kier molecular flexibility index (Phi) is 1.67. The smallest absolute Gasteiger partial charge is 0.0831 e. The lowest BCUT2D eigenvalue weighted by atomic mass is 9.96. The SMILES string of the molecule is OC(c1ccsc1)C1C2C3CCC(C3)C21. The molecule has 15 heavy (non-hydrogen) atoms. The van der Waals surface area contributed by atoms with Crippen molar-refractivity contribution in [2.45, 2.75) is 25.4 Å². The molecular weight excluding hydrogens is 204 g/mol. The molecule has 2 bridgehead atoms. The Morgan fingerprint density at radius 2 is 2.00 bits per heavy atom. The van der Waals surface area contributed by atoms with E-state index in [4.69, 9.17) is 0 Å². The lowest BCUT2D eigenvalue weighted by molar-refractivity contribution is 0.130. The molecule has 3 saturated carbocycles. The van der Waals surface area contributed by atoms with Crippen LogP contribution >= 0.6 is 11.3 Å². The number of hydrogen-bond donors (Lipinski definition) is 1. The molecule has 1 N–H and O–H groups in total. The zero-order valence-corrected chi connectivity index (χ0v) is 9.49. The van der Waals surface area contributed by atoms with E-state index in [1.165, 1.54) is 24.8 Å². The van der Waals surface area contributed by atoms with Gasteiger partial charge in [0.1, 0.15) is 0 Å². The van der Waals surface area contributed by atoms with E-state index in [-0.39, 0.29) is 6.10 Å². The van der Waals surface area contributed by atoms with Crippen LogP contribution < -0.4 is 0 Å². The van der Waals surface area contributed by atoms with Gasteiger partial charge in [-0.1, -0.05) is 0 Å². The molecule has 1 nitrogen and oxygen atoms in total. The van der Waals surface area contributed by atoms with Crippen LogP contribution in [0.2, 0.25) is 0 Å². The Labute approximate surface area is 94.1 Å².